The van der Waals surface area contributed by atoms with Gasteiger partial charge in [-0.05, 0) is 23.8 Å². The Balaban J connectivity index is 1.83. The van der Waals surface area contributed by atoms with Crippen LogP contribution in [0.2, 0.25) is 5.02 Å². The summed E-state index contributed by atoms with van der Waals surface area (Å²) >= 11 is 5.66. The van der Waals surface area contributed by atoms with E-state index in [0.717, 1.165) is 0 Å². The number of benzene rings is 1. The second-order valence-electron chi connectivity index (χ2n) is 4.04. The molecule has 5 nitrogen and oxygen atoms in total. The van der Waals surface area contributed by atoms with Gasteiger partial charge in [-0.2, -0.15) is 0 Å². The van der Waals surface area contributed by atoms with Crippen molar-refractivity contribution in [3.63, 3.8) is 0 Å². The number of carbonyl (C=O) groups excluding carboxylic acids is 2. The minimum absolute atomic E-state index is 0.0338. The molecule has 104 valence electrons. The number of halogens is 2. The Hall–Kier alpha value is -2.34. The van der Waals surface area contributed by atoms with Crippen LogP contribution >= 0.6 is 11.6 Å². The summed E-state index contributed by atoms with van der Waals surface area (Å²) in [6.45, 7) is 0. The van der Waals surface area contributed by atoms with E-state index in [1.165, 1.54) is 36.5 Å². The lowest BCUT2D eigenvalue weighted by Crippen LogP contribution is -2.42. The van der Waals surface area contributed by atoms with Crippen molar-refractivity contribution in [2.24, 2.45) is 0 Å². The lowest BCUT2D eigenvalue weighted by atomic mass is 10.1. The highest BCUT2D eigenvalue weighted by molar-refractivity contribution is 6.30. The molecule has 0 saturated heterocycles. The van der Waals surface area contributed by atoms with Crippen LogP contribution in [0, 0.1) is 5.82 Å². The highest BCUT2D eigenvalue weighted by Crippen LogP contribution is 2.08. The average Bonchev–Trinajstić information content (AvgIpc) is 2.85. The first-order valence-corrected chi connectivity index (χ1v) is 6.10. The lowest BCUT2D eigenvalue weighted by molar-refractivity contribution is -0.121. The summed E-state index contributed by atoms with van der Waals surface area (Å²) in [4.78, 5) is 25.8. The zero-order valence-electron chi connectivity index (χ0n) is 10.2. The topological polar surface area (TPSA) is 74.0 Å². The monoisotopic (exact) mass is 295 g/mol. The highest BCUT2D eigenvalue weighted by atomic mass is 35.5. The largest absolute Gasteiger partial charge is 0.356 e. The van der Waals surface area contributed by atoms with Crippen molar-refractivity contribution in [1.82, 2.24) is 15.8 Å². The maximum Gasteiger partial charge on any atom is 0.286 e. The van der Waals surface area contributed by atoms with Crippen molar-refractivity contribution in [2.45, 2.75) is 6.42 Å². The molecular weight excluding hydrogens is 285 g/mol. The number of hydrogen-bond donors (Lipinski definition) is 3. The fourth-order valence-corrected chi connectivity index (χ4v) is 1.69. The maximum absolute atomic E-state index is 12.7. The van der Waals surface area contributed by atoms with E-state index in [4.69, 9.17) is 11.6 Å². The second-order valence-corrected chi connectivity index (χ2v) is 4.47. The molecular formula is C13H11ClFN3O2. The molecule has 2 rings (SSSR count). The molecule has 2 amide bonds. The van der Waals surface area contributed by atoms with Crippen molar-refractivity contribution >= 4 is 23.4 Å². The Morgan fingerprint density at radius 2 is 1.90 bits per heavy atom. The zero-order chi connectivity index (χ0) is 14.5. The van der Waals surface area contributed by atoms with Gasteiger partial charge in [-0.25, -0.2) is 4.39 Å². The number of aromatic amines is 1. The number of hydrazine groups is 1. The third-order valence-electron chi connectivity index (χ3n) is 2.49. The fraction of sp³-hybridized carbons (Fsp3) is 0.0769. The summed E-state index contributed by atoms with van der Waals surface area (Å²) in [6.07, 6.45) is 1.49. The van der Waals surface area contributed by atoms with E-state index in [1.807, 2.05) is 0 Å². The molecule has 20 heavy (non-hydrogen) atoms. The molecule has 0 unspecified atom stereocenters. The Kier molecular flexibility index (Phi) is 4.37. The van der Waals surface area contributed by atoms with Gasteiger partial charge >= 0.3 is 0 Å². The van der Waals surface area contributed by atoms with Gasteiger partial charge in [-0.1, -0.05) is 23.7 Å². The van der Waals surface area contributed by atoms with Gasteiger partial charge in [0.25, 0.3) is 5.91 Å². The van der Waals surface area contributed by atoms with Gasteiger partial charge < -0.3 is 4.98 Å². The Bertz CT molecular complexity index is 625. The van der Waals surface area contributed by atoms with Gasteiger partial charge in [-0.3, -0.25) is 20.4 Å². The number of aromatic nitrogens is 1. The summed E-state index contributed by atoms with van der Waals surface area (Å²) < 4.78 is 12.7. The molecule has 0 aliphatic heterocycles. The molecule has 0 bridgehead atoms. The minimum Gasteiger partial charge on any atom is -0.356 e. The van der Waals surface area contributed by atoms with Crippen molar-refractivity contribution in [3.8, 4) is 0 Å². The van der Waals surface area contributed by atoms with Crippen LogP contribution in [0.4, 0.5) is 4.39 Å². The number of amides is 2. The first kappa shape index (κ1) is 14.1. The van der Waals surface area contributed by atoms with E-state index in [0.29, 0.717) is 10.6 Å². The van der Waals surface area contributed by atoms with Gasteiger partial charge in [0, 0.05) is 6.20 Å². The van der Waals surface area contributed by atoms with Crippen molar-refractivity contribution < 1.29 is 14.0 Å². The predicted octanol–water partition coefficient (Wildman–Crippen LogP) is 1.81. The molecule has 0 atom stereocenters. The molecule has 7 heteroatoms. The van der Waals surface area contributed by atoms with Gasteiger partial charge in [0.1, 0.15) is 11.5 Å². The quantitative estimate of drug-likeness (QED) is 0.756. The number of carbonyl (C=O) groups is 2. The molecule has 0 aliphatic carbocycles. The predicted molar refractivity (Wildman–Crippen MR) is 71.5 cm³/mol. The SMILES string of the molecule is O=C(Cc1ccc(F)cc1)NNC(=O)c1cc(Cl)c[nH]1. The number of H-pyrrole nitrogens is 1. The number of nitrogens with one attached hydrogen (secondary N) is 3. The van der Waals surface area contributed by atoms with Crippen LogP contribution in [0.3, 0.4) is 0 Å². The number of hydrogen-bond acceptors (Lipinski definition) is 2. The second kappa shape index (κ2) is 6.21. The van der Waals surface area contributed by atoms with Crippen LogP contribution < -0.4 is 10.9 Å². The molecule has 0 aliphatic rings. The van der Waals surface area contributed by atoms with Crippen LogP contribution in [-0.4, -0.2) is 16.8 Å². The van der Waals surface area contributed by atoms with Gasteiger partial charge in [-0.15, -0.1) is 0 Å². The van der Waals surface area contributed by atoms with Gasteiger partial charge in [0.05, 0.1) is 11.4 Å². The minimum atomic E-state index is -0.510. The third kappa shape index (κ3) is 3.83. The summed E-state index contributed by atoms with van der Waals surface area (Å²) in [5, 5.41) is 0.396. The van der Waals surface area contributed by atoms with E-state index >= 15 is 0 Å². The maximum atomic E-state index is 12.7. The first-order chi connectivity index (χ1) is 9.54. The van der Waals surface area contributed by atoms with Crippen LogP contribution in [0.5, 0.6) is 0 Å². The van der Waals surface area contributed by atoms with Crippen molar-refractivity contribution in [2.75, 3.05) is 0 Å². The third-order valence-corrected chi connectivity index (χ3v) is 2.70. The van der Waals surface area contributed by atoms with Crippen molar-refractivity contribution in [1.29, 1.82) is 0 Å². The summed E-state index contributed by atoms with van der Waals surface area (Å²) in [5.41, 5.74) is 5.37. The first-order valence-electron chi connectivity index (χ1n) is 5.72. The smallest absolute Gasteiger partial charge is 0.286 e. The Morgan fingerprint density at radius 1 is 1.20 bits per heavy atom. The summed E-state index contributed by atoms with van der Waals surface area (Å²) in [7, 11) is 0. The van der Waals surface area contributed by atoms with Crippen LogP contribution in [0.25, 0.3) is 0 Å². The molecule has 1 heterocycles. The summed E-state index contributed by atoms with van der Waals surface area (Å²) in [5.74, 6) is -1.29. The van der Waals surface area contributed by atoms with Gasteiger partial charge in [0.15, 0.2) is 0 Å². The fourth-order valence-electron chi connectivity index (χ4n) is 1.52. The van der Waals surface area contributed by atoms with Gasteiger partial charge in [0.2, 0.25) is 5.91 Å². The van der Waals surface area contributed by atoms with Crippen LogP contribution in [0.1, 0.15) is 16.1 Å². The van der Waals surface area contributed by atoms with Crippen LogP contribution in [0.15, 0.2) is 36.5 Å². The highest BCUT2D eigenvalue weighted by Gasteiger charge is 2.09. The molecule has 0 spiro atoms. The normalized spacial score (nSPS) is 10.1. The van der Waals surface area contributed by atoms with E-state index in [2.05, 4.69) is 15.8 Å². The lowest BCUT2D eigenvalue weighted by Gasteiger charge is -2.06. The van der Waals surface area contributed by atoms with Crippen LogP contribution in [-0.2, 0) is 11.2 Å². The molecule has 2 aromatic rings. The van der Waals surface area contributed by atoms with E-state index < -0.39 is 11.8 Å². The molecule has 0 radical (unpaired) electrons. The van der Waals surface area contributed by atoms with E-state index in [1.54, 1.807) is 0 Å². The molecule has 1 aromatic heterocycles. The van der Waals surface area contributed by atoms with E-state index in [-0.39, 0.29) is 17.9 Å². The van der Waals surface area contributed by atoms with Crippen molar-refractivity contribution in [3.05, 3.63) is 58.6 Å². The standard InChI is InChI=1S/C13H11ClFN3O2/c14-9-6-11(16-7-9)13(20)18-17-12(19)5-8-1-3-10(15)4-2-8/h1-4,6-7,16H,5H2,(H,17,19)(H,18,20). The molecule has 1 aromatic carbocycles. The molecule has 0 saturated carbocycles. The molecule has 3 N–H and O–H groups in total. The Labute approximate surface area is 119 Å². The average molecular weight is 296 g/mol. The molecule has 0 fully saturated rings. The zero-order valence-corrected chi connectivity index (χ0v) is 11.0. The van der Waals surface area contributed by atoms with E-state index in [9.17, 15) is 14.0 Å². The summed E-state index contributed by atoms with van der Waals surface area (Å²) in [6, 6.07) is 6.97. The number of rotatable bonds is 3. The Morgan fingerprint density at radius 3 is 2.50 bits per heavy atom.